The van der Waals surface area contributed by atoms with Crippen LogP contribution in [0.1, 0.15) is 30.6 Å². The Morgan fingerprint density at radius 3 is 2.13 bits per heavy atom. The molecule has 0 bridgehead atoms. The maximum Gasteiger partial charge on any atom is 0.309 e. The van der Waals surface area contributed by atoms with Gasteiger partial charge in [0.2, 0.25) is 0 Å². The predicted octanol–water partition coefficient (Wildman–Crippen LogP) is 3.99. The Morgan fingerprint density at radius 1 is 1.04 bits per heavy atom. The van der Waals surface area contributed by atoms with Crippen LogP contribution in [-0.2, 0) is 14.3 Å². The molecule has 3 nitrogen and oxygen atoms in total. The lowest BCUT2D eigenvalue weighted by atomic mass is 10.0. The molecule has 0 saturated heterocycles. The highest BCUT2D eigenvalue weighted by Gasteiger charge is 2.44. The van der Waals surface area contributed by atoms with Gasteiger partial charge < -0.3 is 9.47 Å². The lowest BCUT2D eigenvalue weighted by Gasteiger charge is -2.19. The summed E-state index contributed by atoms with van der Waals surface area (Å²) < 4.78 is 11.3. The van der Waals surface area contributed by atoms with Gasteiger partial charge >= 0.3 is 5.97 Å². The summed E-state index contributed by atoms with van der Waals surface area (Å²) in [5, 5.41) is 0. The van der Waals surface area contributed by atoms with E-state index in [-0.39, 0.29) is 23.9 Å². The van der Waals surface area contributed by atoms with Crippen LogP contribution in [0.25, 0.3) is 0 Å². The first-order valence-corrected chi connectivity index (χ1v) is 8.17. The van der Waals surface area contributed by atoms with E-state index < -0.39 is 0 Å². The van der Waals surface area contributed by atoms with Gasteiger partial charge in [0.25, 0.3) is 0 Å². The summed E-state index contributed by atoms with van der Waals surface area (Å²) in [6.45, 7) is 2.87. The Balaban J connectivity index is 1.65. The van der Waals surface area contributed by atoms with Crippen molar-refractivity contribution in [3.05, 3.63) is 71.8 Å². The van der Waals surface area contributed by atoms with Gasteiger partial charge in [-0.25, -0.2) is 0 Å². The average molecular weight is 310 g/mol. The first-order valence-electron chi connectivity index (χ1n) is 8.17. The van der Waals surface area contributed by atoms with Gasteiger partial charge in [-0.1, -0.05) is 60.7 Å². The van der Waals surface area contributed by atoms with Crippen molar-refractivity contribution in [3.63, 3.8) is 0 Å². The van der Waals surface area contributed by atoms with E-state index in [2.05, 4.69) is 24.3 Å². The second kappa shape index (κ2) is 7.42. The molecule has 3 heteroatoms. The summed E-state index contributed by atoms with van der Waals surface area (Å²) in [7, 11) is 0. The van der Waals surface area contributed by atoms with Gasteiger partial charge in [-0.05, 0) is 30.4 Å². The number of carbonyl (C=O) groups is 1. The number of hydrogen-bond donors (Lipinski definition) is 0. The first kappa shape index (κ1) is 15.8. The fraction of sp³-hybridized carbons (Fsp3) is 0.350. The maximum atomic E-state index is 11.7. The van der Waals surface area contributed by atoms with Crippen LogP contribution < -0.4 is 0 Å². The smallest absolute Gasteiger partial charge is 0.309 e. The second-order valence-corrected chi connectivity index (χ2v) is 5.89. The van der Waals surface area contributed by atoms with E-state index in [0.29, 0.717) is 13.2 Å². The molecule has 3 rings (SSSR count). The van der Waals surface area contributed by atoms with Gasteiger partial charge in [0.05, 0.1) is 19.1 Å². The highest BCUT2D eigenvalue weighted by Crippen LogP contribution is 2.41. The number of hydrogen-bond acceptors (Lipinski definition) is 3. The molecule has 0 N–H and O–H groups in total. The molecular weight excluding hydrogens is 288 g/mol. The zero-order valence-corrected chi connectivity index (χ0v) is 13.4. The quantitative estimate of drug-likeness (QED) is 0.725. The molecule has 0 heterocycles. The Morgan fingerprint density at radius 2 is 1.61 bits per heavy atom. The fourth-order valence-corrected chi connectivity index (χ4v) is 2.83. The van der Waals surface area contributed by atoms with Crippen LogP contribution in [0.5, 0.6) is 0 Å². The lowest BCUT2D eigenvalue weighted by molar-refractivity contribution is -0.145. The van der Waals surface area contributed by atoms with Gasteiger partial charge in [-0.15, -0.1) is 0 Å². The van der Waals surface area contributed by atoms with E-state index in [0.717, 1.165) is 17.5 Å². The van der Waals surface area contributed by atoms with Crippen LogP contribution in [0, 0.1) is 11.8 Å². The number of carbonyl (C=O) groups excluding carboxylic acids is 1. The zero-order valence-electron chi connectivity index (χ0n) is 13.4. The summed E-state index contributed by atoms with van der Waals surface area (Å²) >= 11 is 0. The van der Waals surface area contributed by atoms with Gasteiger partial charge in [-0.3, -0.25) is 4.79 Å². The molecule has 1 aliphatic carbocycles. The van der Waals surface area contributed by atoms with Crippen molar-refractivity contribution in [1.82, 2.24) is 0 Å². The maximum absolute atomic E-state index is 11.7. The molecule has 2 aromatic carbocycles. The summed E-state index contributed by atoms with van der Waals surface area (Å²) in [5.74, 6) is 0.211. The molecule has 2 aromatic rings. The average Bonchev–Trinajstić information content (AvgIpc) is 3.37. The predicted molar refractivity (Wildman–Crippen MR) is 88.9 cm³/mol. The number of esters is 1. The third-order valence-corrected chi connectivity index (χ3v) is 4.19. The third-order valence-electron chi connectivity index (χ3n) is 4.19. The van der Waals surface area contributed by atoms with Crippen LogP contribution in [0.4, 0.5) is 0 Å². The summed E-state index contributed by atoms with van der Waals surface area (Å²) in [6.07, 6.45) is 0.774. The van der Waals surface area contributed by atoms with E-state index in [9.17, 15) is 4.79 Å². The van der Waals surface area contributed by atoms with Crippen molar-refractivity contribution in [3.8, 4) is 0 Å². The molecule has 1 saturated carbocycles. The monoisotopic (exact) mass is 310 g/mol. The van der Waals surface area contributed by atoms with Crippen molar-refractivity contribution < 1.29 is 14.3 Å². The van der Waals surface area contributed by atoms with E-state index in [1.165, 1.54) is 0 Å². The van der Waals surface area contributed by atoms with Crippen LogP contribution in [0.15, 0.2) is 60.7 Å². The molecule has 2 unspecified atom stereocenters. The Kier molecular flexibility index (Phi) is 5.09. The standard InChI is InChI=1S/C20H22O3/c1-2-22-20(21)18-13-17(18)14-23-19(15-9-5-3-6-10-15)16-11-7-4-8-12-16/h3-12,17-19H,2,13-14H2,1H3. The molecule has 120 valence electrons. The highest BCUT2D eigenvalue weighted by molar-refractivity contribution is 5.75. The highest BCUT2D eigenvalue weighted by atomic mass is 16.5. The van der Waals surface area contributed by atoms with Crippen LogP contribution in [0.3, 0.4) is 0 Å². The molecule has 0 aromatic heterocycles. The molecular formula is C20H22O3. The largest absolute Gasteiger partial charge is 0.466 e. The number of ether oxygens (including phenoxy) is 2. The molecule has 0 radical (unpaired) electrons. The van der Waals surface area contributed by atoms with Gasteiger partial charge in [0.15, 0.2) is 0 Å². The molecule has 2 atom stereocenters. The van der Waals surface area contributed by atoms with Crippen molar-refractivity contribution >= 4 is 5.97 Å². The molecule has 1 aliphatic rings. The topological polar surface area (TPSA) is 35.5 Å². The third kappa shape index (κ3) is 3.99. The Labute approximate surface area is 137 Å². The second-order valence-electron chi connectivity index (χ2n) is 5.89. The van der Waals surface area contributed by atoms with Gasteiger partial charge in [0, 0.05) is 0 Å². The van der Waals surface area contributed by atoms with Crippen LogP contribution in [-0.4, -0.2) is 19.2 Å². The minimum absolute atomic E-state index is 0.0159. The van der Waals surface area contributed by atoms with Crippen molar-refractivity contribution in [2.45, 2.75) is 19.4 Å². The van der Waals surface area contributed by atoms with Crippen molar-refractivity contribution in [2.75, 3.05) is 13.2 Å². The van der Waals surface area contributed by atoms with E-state index in [1.54, 1.807) is 0 Å². The van der Waals surface area contributed by atoms with Crippen LogP contribution >= 0.6 is 0 Å². The number of rotatable bonds is 7. The summed E-state index contributed by atoms with van der Waals surface area (Å²) in [5.41, 5.74) is 2.26. The van der Waals surface area contributed by atoms with E-state index >= 15 is 0 Å². The van der Waals surface area contributed by atoms with Crippen LogP contribution in [0.2, 0.25) is 0 Å². The minimum atomic E-state index is -0.0964. The van der Waals surface area contributed by atoms with Crippen molar-refractivity contribution in [2.24, 2.45) is 11.8 Å². The van der Waals surface area contributed by atoms with E-state index in [1.807, 2.05) is 43.3 Å². The zero-order chi connectivity index (χ0) is 16.1. The molecule has 0 amide bonds. The van der Waals surface area contributed by atoms with Crippen molar-refractivity contribution in [1.29, 1.82) is 0 Å². The fourth-order valence-electron chi connectivity index (χ4n) is 2.83. The summed E-state index contributed by atoms with van der Waals surface area (Å²) in [6, 6.07) is 20.4. The SMILES string of the molecule is CCOC(=O)C1CC1COC(c1ccccc1)c1ccccc1. The Hall–Kier alpha value is -2.13. The molecule has 23 heavy (non-hydrogen) atoms. The summed E-state index contributed by atoms with van der Waals surface area (Å²) in [4.78, 5) is 11.7. The van der Waals surface area contributed by atoms with Gasteiger partial charge in [0.1, 0.15) is 6.10 Å². The Bertz CT molecular complexity index is 584. The molecule has 0 aliphatic heterocycles. The minimum Gasteiger partial charge on any atom is -0.466 e. The number of benzene rings is 2. The lowest BCUT2D eigenvalue weighted by Crippen LogP contribution is -2.12. The van der Waals surface area contributed by atoms with E-state index in [4.69, 9.17) is 9.47 Å². The first-order chi connectivity index (χ1) is 11.3. The molecule has 1 fully saturated rings. The normalized spacial score (nSPS) is 19.6. The van der Waals surface area contributed by atoms with Gasteiger partial charge in [-0.2, -0.15) is 0 Å². The molecule has 0 spiro atoms.